The van der Waals surface area contributed by atoms with Gasteiger partial charge < -0.3 is 10.6 Å². The first-order valence-electron chi connectivity index (χ1n) is 7.88. The Hall–Kier alpha value is -1.14. The molecule has 0 radical (unpaired) electrons. The molecule has 1 unspecified atom stereocenters. The van der Waals surface area contributed by atoms with Gasteiger partial charge in [0.15, 0.2) is 5.13 Å². The zero-order chi connectivity index (χ0) is 14.8. The van der Waals surface area contributed by atoms with E-state index in [-0.39, 0.29) is 5.91 Å². The predicted molar refractivity (Wildman–Crippen MR) is 85.8 cm³/mol. The maximum absolute atomic E-state index is 11.2. The van der Waals surface area contributed by atoms with E-state index in [1.807, 2.05) is 0 Å². The van der Waals surface area contributed by atoms with Crippen molar-refractivity contribution in [3.8, 4) is 0 Å². The van der Waals surface area contributed by atoms with Gasteiger partial charge in [0.2, 0.25) is 0 Å². The standard InChI is InChI=1S/C15H24N4OS/c1-11-3-2-6-19(10-11)12-4-7-18(8-5-12)15-17-9-13(21-15)14(16)20/h9,11-12H,2-8,10H2,1H3,(H2,16,20). The van der Waals surface area contributed by atoms with E-state index in [1.165, 1.54) is 50.1 Å². The molecular formula is C15H24N4OS. The third kappa shape index (κ3) is 3.37. The molecule has 1 atom stereocenters. The monoisotopic (exact) mass is 308 g/mol. The van der Waals surface area contributed by atoms with Crippen LogP contribution in [-0.2, 0) is 0 Å². The Labute approximate surface area is 130 Å². The van der Waals surface area contributed by atoms with Crippen LogP contribution in [0.25, 0.3) is 0 Å². The van der Waals surface area contributed by atoms with E-state index in [9.17, 15) is 4.79 Å². The van der Waals surface area contributed by atoms with Gasteiger partial charge in [-0.05, 0) is 38.1 Å². The van der Waals surface area contributed by atoms with Gasteiger partial charge in [0.05, 0.1) is 6.20 Å². The Bertz CT molecular complexity index is 496. The fourth-order valence-corrected chi connectivity index (χ4v) is 4.32. The second-order valence-electron chi connectivity index (χ2n) is 6.33. The topological polar surface area (TPSA) is 62.5 Å². The lowest BCUT2D eigenvalue weighted by atomic mass is 9.95. The zero-order valence-corrected chi connectivity index (χ0v) is 13.4. The Morgan fingerprint density at radius 3 is 2.71 bits per heavy atom. The molecule has 0 aliphatic carbocycles. The van der Waals surface area contributed by atoms with Crippen molar-refractivity contribution in [2.24, 2.45) is 11.7 Å². The molecule has 2 N–H and O–H groups in total. The van der Waals surface area contributed by atoms with Gasteiger partial charge >= 0.3 is 0 Å². The predicted octanol–water partition coefficient (Wildman–Crippen LogP) is 1.94. The van der Waals surface area contributed by atoms with Gasteiger partial charge in [-0.1, -0.05) is 18.3 Å². The summed E-state index contributed by atoms with van der Waals surface area (Å²) in [5.74, 6) is 0.463. The van der Waals surface area contributed by atoms with Gasteiger partial charge in [0, 0.05) is 25.7 Å². The number of anilines is 1. The third-order valence-corrected chi connectivity index (χ3v) is 5.75. The molecule has 3 rings (SSSR count). The minimum absolute atomic E-state index is 0.379. The van der Waals surface area contributed by atoms with Crippen LogP contribution in [0.1, 0.15) is 42.3 Å². The average Bonchev–Trinajstić information content (AvgIpc) is 2.97. The van der Waals surface area contributed by atoms with Crippen LogP contribution in [0.4, 0.5) is 5.13 Å². The first kappa shape index (κ1) is 14.8. The number of thiazole rings is 1. The Balaban J connectivity index is 1.55. The lowest BCUT2D eigenvalue weighted by Gasteiger charge is -2.41. The quantitative estimate of drug-likeness (QED) is 0.927. The van der Waals surface area contributed by atoms with Gasteiger partial charge in [-0.15, -0.1) is 0 Å². The van der Waals surface area contributed by atoms with Crippen LogP contribution in [0.2, 0.25) is 0 Å². The van der Waals surface area contributed by atoms with E-state index in [2.05, 4.69) is 21.7 Å². The van der Waals surface area contributed by atoms with E-state index >= 15 is 0 Å². The number of aromatic nitrogens is 1. The molecule has 2 saturated heterocycles. The fourth-order valence-electron chi connectivity index (χ4n) is 3.50. The molecule has 1 aromatic heterocycles. The number of carbonyl (C=O) groups excluding carboxylic acids is 1. The smallest absolute Gasteiger partial charge is 0.260 e. The summed E-state index contributed by atoms with van der Waals surface area (Å²) in [5, 5.41) is 0.939. The van der Waals surface area contributed by atoms with E-state index < -0.39 is 0 Å². The molecule has 2 fully saturated rings. The molecule has 21 heavy (non-hydrogen) atoms. The summed E-state index contributed by atoms with van der Waals surface area (Å²) >= 11 is 1.41. The minimum atomic E-state index is -0.379. The Morgan fingerprint density at radius 2 is 2.10 bits per heavy atom. The molecule has 0 bridgehead atoms. The zero-order valence-electron chi connectivity index (χ0n) is 12.6. The van der Waals surface area contributed by atoms with Crippen molar-refractivity contribution < 1.29 is 4.79 Å². The normalized spacial score (nSPS) is 25.2. The molecule has 0 spiro atoms. The molecular weight excluding hydrogens is 284 g/mol. The van der Waals surface area contributed by atoms with E-state index in [0.717, 1.165) is 30.2 Å². The second kappa shape index (κ2) is 6.32. The largest absolute Gasteiger partial charge is 0.365 e. The van der Waals surface area contributed by atoms with Crippen molar-refractivity contribution in [3.05, 3.63) is 11.1 Å². The van der Waals surface area contributed by atoms with Crippen molar-refractivity contribution in [3.63, 3.8) is 0 Å². The van der Waals surface area contributed by atoms with Crippen molar-refractivity contribution in [1.82, 2.24) is 9.88 Å². The average molecular weight is 308 g/mol. The van der Waals surface area contributed by atoms with Gasteiger partial charge in [-0.2, -0.15) is 0 Å². The second-order valence-corrected chi connectivity index (χ2v) is 7.34. The van der Waals surface area contributed by atoms with Crippen LogP contribution < -0.4 is 10.6 Å². The number of hydrogen-bond acceptors (Lipinski definition) is 5. The number of carbonyl (C=O) groups is 1. The number of hydrogen-bond donors (Lipinski definition) is 1. The van der Waals surface area contributed by atoms with Crippen LogP contribution >= 0.6 is 11.3 Å². The summed E-state index contributed by atoms with van der Waals surface area (Å²) in [6.07, 6.45) is 6.71. The first-order valence-corrected chi connectivity index (χ1v) is 8.70. The summed E-state index contributed by atoms with van der Waals surface area (Å²) in [6, 6.07) is 0.722. The summed E-state index contributed by atoms with van der Waals surface area (Å²) in [7, 11) is 0. The maximum Gasteiger partial charge on any atom is 0.260 e. The molecule has 5 nitrogen and oxygen atoms in total. The highest BCUT2D eigenvalue weighted by Crippen LogP contribution is 2.28. The van der Waals surface area contributed by atoms with Crippen molar-refractivity contribution in [1.29, 1.82) is 0 Å². The van der Waals surface area contributed by atoms with E-state index in [0.29, 0.717) is 4.88 Å². The van der Waals surface area contributed by atoms with Crippen LogP contribution in [0.3, 0.4) is 0 Å². The molecule has 116 valence electrons. The van der Waals surface area contributed by atoms with Gasteiger partial charge in [0.1, 0.15) is 4.88 Å². The number of nitrogens with zero attached hydrogens (tertiary/aromatic N) is 3. The molecule has 2 aliphatic heterocycles. The molecule has 0 saturated carbocycles. The van der Waals surface area contributed by atoms with Crippen LogP contribution in [0.15, 0.2) is 6.20 Å². The van der Waals surface area contributed by atoms with E-state index in [4.69, 9.17) is 5.73 Å². The third-order valence-electron chi connectivity index (χ3n) is 4.68. The van der Waals surface area contributed by atoms with Crippen LogP contribution in [0.5, 0.6) is 0 Å². The summed E-state index contributed by atoms with van der Waals surface area (Å²) in [5.41, 5.74) is 5.30. The lowest BCUT2D eigenvalue weighted by molar-refractivity contribution is 0.100. The number of primary amides is 1. The Kier molecular flexibility index (Phi) is 4.45. The van der Waals surface area contributed by atoms with Crippen molar-refractivity contribution in [2.75, 3.05) is 31.1 Å². The van der Waals surface area contributed by atoms with Crippen LogP contribution in [-0.4, -0.2) is 48.0 Å². The first-order chi connectivity index (χ1) is 10.1. The Morgan fingerprint density at radius 1 is 1.33 bits per heavy atom. The number of rotatable bonds is 3. The number of nitrogens with two attached hydrogens (primary N) is 1. The maximum atomic E-state index is 11.2. The number of amides is 1. The SMILES string of the molecule is CC1CCCN(C2CCN(c3ncc(C(N)=O)s3)CC2)C1. The molecule has 6 heteroatoms. The highest BCUT2D eigenvalue weighted by molar-refractivity contribution is 7.17. The summed E-state index contributed by atoms with van der Waals surface area (Å²) < 4.78 is 0. The highest BCUT2D eigenvalue weighted by atomic mass is 32.1. The van der Waals surface area contributed by atoms with E-state index in [1.54, 1.807) is 6.20 Å². The molecule has 1 aromatic rings. The molecule has 1 amide bonds. The summed E-state index contributed by atoms with van der Waals surface area (Å²) in [4.78, 5) is 21.0. The molecule has 3 heterocycles. The summed E-state index contributed by atoms with van der Waals surface area (Å²) in [6.45, 7) is 6.94. The van der Waals surface area contributed by atoms with Crippen molar-refractivity contribution in [2.45, 2.75) is 38.6 Å². The highest BCUT2D eigenvalue weighted by Gasteiger charge is 2.28. The molecule has 2 aliphatic rings. The van der Waals surface area contributed by atoms with Gasteiger partial charge in [-0.3, -0.25) is 9.69 Å². The van der Waals surface area contributed by atoms with Gasteiger partial charge in [0.25, 0.3) is 5.91 Å². The lowest BCUT2D eigenvalue weighted by Crippen LogP contribution is -2.48. The molecule has 0 aromatic carbocycles. The fraction of sp³-hybridized carbons (Fsp3) is 0.733. The minimum Gasteiger partial charge on any atom is -0.365 e. The van der Waals surface area contributed by atoms with Crippen molar-refractivity contribution >= 4 is 22.4 Å². The van der Waals surface area contributed by atoms with Crippen LogP contribution in [0, 0.1) is 5.92 Å². The number of likely N-dealkylation sites (tertiary alicyclic amines) is 1. The van der Waals surface area contributed by atoms with Gasteiger partial charge in [-0.25, -0.2) is 4.98 Å². The number of piperidine rings is 2.